The summed E-state index contributed by atoms with van der Waals surface area (Å²) in [7, 11) is 1.76. The third kappa shape index (κ3) is 2.18. The summed E-state index contributed by atoms with van der Waals surface area (Å²) in [5, 5.41) is 17.6. The monoisotopic (exact) mass is 315 g/mol. The summed E-state index contributed by atoms with van der Waals surface area (Å²) in [6, 6.07) is 7.73. The number of nitrogens with zero attached hydrogens (tertiary/aromatic N) is 3. The molecule has 0 saturated carbocycles. The van der Waals surface area contributed by atoms with Gasteiger partial charge in [-0.3, -0.25) is 0 Å². The van der Waals surface area contributed by atoms with Gasteiger partial charge in [-0.2, -0.15) is 0 Å². The molecular weight excluding hydrogens is 305 g/mol. The summed E-state index contributed by atoms with van der Waals surface area (Å²) >= 11 is 2.23. The molecule has 0 radical (unpaired) electrons. The van der Waals surface area contributed by atoms with Gasteiger partial charge >= 0.3 is 0 Å². The Bertz CT molecular complexity index is 452. The van der Waals surface area contributed by atoms with Crippen LogP contribution < -0.4 is 0 Å². The van der Waals surface area contributed by atoms with Crippen LogP contribution >= 0.6 is 22.6 Å². The van der Waals surface area contributed by atoms with E-state index in [0.29, 0.717) is 5.69 Å². The van der Waals surface area contributed by atoms with Crippen LogP contribution in [0.3, 0.4) is 0 Å². The second-order valence-corrected chi connectivity index (χ2v) is 4.48. The average molecular weight is 315 g/mol. The van der Waals surface area contributed by atoms with E-state index in [1.165, 1.54) is 0 Å². The minimum absolute atomic E-state index is 0.665. The molecule has 5 heteroatoms. The summed E-state index contributed by atoms with van der Waals surface area (Å²) in [6.07, 6.45) is 0.907. The van der Waals surface area contributed by atoms with E-state index in [1.807, 2.05) is 24.3 Å². The van der Waals surface area contributed by atoms with Crippen molar-refractivity contribution in [1.82, 2.24) is 15.0 Å². The second kappa shape index (κ2) is 4.28. The maximum Gasteiger partial charge on any atom is 0.122 e. The Morgan fingerprint density at radius 2 is 2.00 bits per heavy atom. The van der Waals surface area contributed by atoms with E-state index in [1.54, 1.807) is 17.9 Å². The molecule has 1 heterocycles. The fourth-order valence-corrected chi connectivity index (χ4v) is 1.72. The molecule has 2 rings (SSSR count). The van der Waals surface area contributed by atoms with Crippen LogP contribution in [0.25, 0.3) is 0 Å². The highest BCUT2D eigenvalue weighted by Gasteiger charge is 2.14. The van der Waals surface area contributed by atoms with Crippen molar-refractivity contribution < 1.29 is 5.11 Å². The lowest BCUT2D eigenvalue weighted by molar-refractivity contribution is 0.209. The van der Waals surface area contributed by atoms with E-state index in [9.17, 15) is 5.11 Å². The van der Waals surface area contributed by atoms with Gasteiger partial charge in [-0.15, -0.1) is 5.10 Å². The maximum atomic E-state index is 10.0. The highest BCUT2D eigenvalue weighted by Crippen LogP contribution is 2.20. The lowest BCUT2D eigenvalue weighted by atomic mass is 10.1. The molecule has 1 aromatic heterocycles. The van der Waals surface area contributed by atoms with Crippen LogP contribution in [0.15, 0.2) is 30.5 Å². The van der Waals surface area contributed by atoms with E-state index in [-0.39, 0.29) is 0 Å². The van der Waals surface area contributed by atoms with Gasteiger partial charge in [0.15, 0.2) is 0 Å². The Balaban J connectivity index is 2.32. The Hall–Kier alpha value is -0.950. The summed E-state index contributed by atoms with van der Waals surface area (Å²) in [5.74, 6) is 0. The first-order valence-electron chi connectivity index (χ1n) is 4.46. The van der Waals surface area contributed by atoms with Gasteiger partial charge in [0.05, 0.1) is 11.9 Å². The molecule has 0 aliphatic rings. The molecule has 0 aliphatic heterocycles. The Kier molecular flexibility index (Phi) is 3.01. The van der Waals surface area contributed by atoms with E-state index in [4.69, 9.17) is 0 Å². The number of rotatable bonds is 2. The van der Waals surface area contributed by atoms with Crippen LogP contribution in [0, 0.1) is 3.57 Å². The number of aromatic nitrogens is 3. The summed E-state index contributed by atoms with van der Waals surface area (Å²) in [6.45, 7) is 0. The number of benzene rings is 1. The van der Waals surface area contributed by atoms with Crippen molar-refractivity contribution in [3.63, 3.8) is 0 Å². The molecule has 0 bridgehead atoms. The van der Waals surface area contributed by atoms with Crippen molar-refractivity contribution >= 4 is 22.6 Å². The van der Waals surface area contributed by atoms with E-state index in [2.05, 4.69) is 32.9 Å². The molecule has 0 fully saturated rings. The second-order valence-electron chi connectivity index (χ2n) is 3.24. The number of halogens is 1. The molecule has 1 N–H and O–H groups in total. The van der Waals surface area contributed by atoms with Gasteiger partial charge < -0.3 is 5.11 Å². The Labute approximate surface area is 101 Å². The van der Waals surface area contributed by atoms with Crippen LogP contribution in [-0.4, -0.2) is 20.1 Å². The lowest BCUT2D eigenvalue weighted by Crippen LogP contribution is -2.06. The molecule has 1 aromatic carbocycles. The van der Waals surface area contributed by atoms with Crippen LogP contribution in [0.2, 0.25) is 0 Å². The van der Waals surface area contributed by atoms with Crippen LogP contribution in [-0.2, 0) is 7.05 Å². The molecule has 0 saturated heterocycles. The van der Waals surface area contributed by atoms with Gasteiger partial charge in [0, 0.05) is 10.6 Å². The molecule has 15 heavy (non-hydrogen) atoms. The number of aliphatic hydroxyl groups excluding tert-OH is 1. The van der Waals surface area contributed by atoms with Crippen molar-refractivity contribution in [1.29, 1.82) is 0 Å². The van der Waals surface area contributed by atoms with Crippen LogP contribution in [0.1, 0.15) is 17.4 Å². The third-order valence-corrected chi connectivity index (χ3v) is 2.93. The molecule has 2 aromatic rings. The first kappa shape index (κ1) is 10.6. The molecule has 0 amide bonds. The normalized spacial score (nSPS) is 12.7. The number of aryl methyl sites for hydroxylation is 1. The molecule has 1 atom stereocenters. The minimum atomic E-state index is -0.665. The highest BCUT2D eigenvalue weighted by atomic mass is 127. The topological polar surface area (TPSA) is 50.9 Å². The number of aliphatic hydroxyl groups is 1. The maximum absolute atomic E-state index is 10.0. The molecule has 0 aliphatic carbocycles. The van der Waals surface area contributed by atoms with Gasteiger partial charge in [0.25, 0.3) is 0 Å². The first-order chi connectivity index (χ1) is 7.18. The average Bonchev–Trinajstić information content (AvgIpc) is 2.65. The summed E-state index contributed by atoms with van der Waals surface area (Å²) in [5.41, 5.74) is 1.54. The quantitative estimate of drug-likeness (QED) is 0.855. The van der Waals surface area contributed by atoms with Gasteiger partial charge in [-0.05, 0) is 40.3 Å². The fraction of sp³-hybridized carbons (Fsp3) is 0.200. The molecular formula is C10H10IN3O. The van der Waals surface area contributed by atoms with Gasteiger partial charge in [-0.1, -0.05) is 17.3 Å². The minimum Gasteiger partial charge on any atom is -0.382 e. The third-order valence-electron chi connectivity index (χ3n) is 2.22. The Morgan fingerprint density at radius 3 is 2.53 bits per heavy atom. The van der Waals surface area contributed by atoms with Crippen molar-refractivity contribution in [2.45, 2.75) is 6.10 Å². The SMILES string of the molecule is Cn1nncc1C(O)c1ccc(I)cc1. The molecule has 4 nitrogen and oxygen atoms in total. The van der Waals surface area contributed by atoms with Crippen LogP contribution in [0.4, 0.5) is 0 Å². The molecule has 1 unspecified atom stereocenters. The standard InChI is InChI=1S/C10H10IN3O/c1-14-9(6-12-13-14)10(15)7-2-4-8(11)5-3-7/h2-6,10,15H,1H3. The van der Waals surface area contributed by atoms with E-state index >= 15 is 0 Å². The van der Waals surface area contributed by atoms with E-state index < -0.39 is 6.10 Å². The summed E-state index contributed by atoms with van der Waals surface area (Å²) in [4.78, 5) is 0. The van der Waals surface area contributed by atoms with Crippen molar-refractivity contribution in [3.05, 3.63) is 45.3 Å². The summed E-state index contributed by atoms with van der Waals surface area (Å²) < 4.78 is 2.72. The predicted molar refractivity (Wildman–Crippen MR) is 64.2 cm³/mol. The number of hydrogen-bond donors (Lipinski definition) is 1. The van der Waals surface area contributed by atoms with Crippen molar-refractivity contribution in [2.24, 2.45) is 7.05 Å². The lowest BCUT2D eigenvalue weighted by Gasteiger charge is -2.10. The smallest absolute Gasteiger partial charge is 0.122 e. The van der Waals surface area contributed by atoms with Crippen molar-refractivity contribution in [2.75, 3.05) is 0 Å². The Morgan fingerprint density at radius 1 is 1.33 bits per heavy atom. The predicted octanol–water partition coefficient (Wildman–Crippen LogP) is 1.50. The van der Waals surface area contributed by atoms with Crippen molar-refractivity contribution in [3.8, 4) is 0 Å². The molecule has 0 spiro atoms. The zero-order valence-corrected chi connectivity index (χ0v) is 10.3. The van der Waals surface area contributed by atoms with E-state index in [0.717, 1.165) is 9.13 Å². The zero-order chi connectivity index (χ0) is 10.8. The largest absolute Gasteiger partial charge is 0.382 e. The highest BCUT2D eigenvalue weighted by molar-refractivity contribution is 14.1. The van der Waals surface area contributed by atoms with Crippen LogP contribution in [0.5, 0.6) is 0 Å². The molecule has 78 valence electrons. The van der Waals surface area contributed by atoms with Gasteiger partial charge in [0.2, 0.25) is 0 Å². The van der Waals surface area contributed by atoms with Gasteiger partial charge in [0.1, 0.15) is 6.10 Å². The zero-order valence-electron chi connectivity index (χ0n) is 8.13. The fourth-order valence-electron chi connectivity index (χ4n) is 1.36. The number of hydrogen-bond acceptors (Lipinski definition) is 3. The first-order valence-corrected chi connectivity index (χ1v) is 5.54. The van der Waals surface area contributed by atoms with Gasteiger partial charge in [-0.25, -0.2) is 4.68 Å².